The smallest absolute Gasteiger partial charge is 0.254 e. The van der Waals surface area contributed by atoms with Crippen LogP contribution >= 0.6 is 0 Å². The molecule has 0 bridgehead atoms. The number of aromatic hydroxyl groups is 1. The summed E-state index contributed by atoms with van der Waals surface area (Å²) >= 11 is 0. The molecule has 1 unspecified atom stereocenters. The van der Waals surface area contributed by atoms with Crippen LogP contribution < -0.4 is 11.1 Å². The van der Waals surface area contributed by atoms with E-state index in [0.717, 1.165) is 5.56 Å². The van der Waals surface area contributed by atoms with Gasteiger partial charge in [0, 0.05) is 18.7 Å². The number of amides is 3. The van der Waals surface area contributed by atoms with E-state index < -0.39 is 11.4 Å². The van der Waals surface area contributed by atoms with Gasteiger partial charge in [0.2, 0.25) is 12.3 Å². The predicted octanol–water partition coefficient (Wildman–Crippen LogP) is -0.662. The van der Waals surface area contributed by atoms with Crippen molar-refractivity contribution in [2.75, 3.05) is 6.54 Å². The van der Waals surface area contributed by atoms with Crippen LogP contribution in [0.2, 0.25) is 0 Å². The molecular weight excluding hydrogens is 262 g/mol. The Morgan fingerprint density at radius 3 is 2.95 bits per heavy atom. The highest BCUT2D eigenvalue weighted by molar-refractivity contribution is 6.00. The number of imide groups is 1. The van der Waals surface area contributed by atoms with Crippen molar-refractivity contribution >= 4 is 18.2 Å². The van der Waals surface area contributed by atoms with Crippen LogP contribution in [0, 0.1) is 0 Å². The molecule has 1 aromatic carbocycles. The van der Waals surface area contributed by atoms with Crippen molar-refractivity contribution in [2.24, 2.45) is 5.73 Å². The lowest BCUT2D eigenvalue weighted by Crippen LogP contribution is -2.58. The van der Waals surface area contributed by atoms with Crippen molar-refractivity contribution in [2.45, 2.75) is 19.0 Å². The zero-order valence-electron chi connectivity index (χ0n) is 10.9. The predicted molar refractivity (Wildman–Crippen MR) is 69.6 cm³/mol. The van der Waals surface area contributed by atoms with Gasteiger partial charge >= 0.3 is 0 Å². The monoisotopic (exact) mass is 277 g/mol. The zero-order chi connectivity index (χ0) is 14.9. The molecule has 2 rings (SSSR count). The van der Waals surface area contributed by atoms with Crippen LogP contribution in [0.15, 0.2) is 18.2 Å². The number of nitrogens with one attached hydrogen (secondary N) is 1. The van der Waals surface area contributed by atoms with Gasteiger partial charge in [-0.25, -0.2) is 0 Å². The van der Waals surface area contributed by atoms with Crippen LogP contribution in [0.3, 0.4) is 0 Å². The van der Waals surface area contributed by atoms with Crippen LogP contribution in [0.5, 0.6) is 5.75 Å². The highest BCUT2D eigenvalue weighted by atomic mass is 16.3. The maximum absolute atomic E-state index is 12.2. The average Bonchev–Trinajstić information content (AvgIpc) is 2.66. The molecule has 3 amide bonds. The third kappa shape index (κ3) is 2.48. The summed E-state index contributed by atoms with van der Waals surface area (Å²) in [6.45, 7) is 1.73. The standard InChI is InChI=1S/C13H15N3O4/c1-13(14,12(20)15-7-17)6-16-5-8-2-3-9(18)4-10(8)11(16)19/h2-4,7,18H,5-6,14H2,1H3,(H,15,17,20). The van der Waals surface area contributed by atoms with Crippen LogP contribution in [-0.4, -0.2) is 40.3 Å². The maximum atomic E-state index is 12.2. The van der Waals surface area contributed by atoms with E-state index in [-0.39, 0.29) is 24.6 Å². The quantitative estimate of drug-likeness (QED) is 0.632. The molecule has 106 valence electrons. The van der Waals surface area contributed by atoms with Gasteiger partial charge in [-0.2, -0.15) is 0 Å². The van der Waals surface area contributed by atoms with Crippen LogP contribution in [0.4, 0.5) is 0 Å². The van der Waals surface area contributed by atoms with E-state index in [2.05, 4.69) is 0 Å². The summed E-state index contributed by atoms with van der Waals surface area (Å²) in [5, 5.41) is 11.4. The molecule has 0 fully saturated rings. The van der Waals surface area contributed by atoms with Gasteiger partial charge in [-0.05, 0) is 24.6 Å². The molecule has 1 aliphatic heterocycles. The summed E-state index contributed by atoms with van der Waals surface area (Å²) in [6, 6.07) is 4.54. The number of hydrogen-bond acceptors (Lipinski definition) is 5. The molecule has 1 aromatic rings. The number of phenols is 1. The van der Waals surface area contributed by atoms with E-state index in [1.54, 1.807) is 6.07 Å². The maximum Gasteiger partial charge on any atom is 0.254 e. The van der Waals surface area contributed by atoms with Crippen molar-refractivity contribution in [3.8, 4) is 5.75 Å². The van der Waals surface area contributed by atoms with Gasteiger partial charge in [0.05, 0.1) is 0 Å². The molecule has 0 aromatic heterocycles. The van der Waals surface area contributed by atoms with Gasteiger partial charge in [0.1, 0.15) is 11.3 Å². The van der Waals surface area contributed by atoms with Crippen LogP contribution in [-0.2, 0) is 16.1 Å². The molecule has 0 spiro atoms. The number of benzene rings is 1. The molecule has 0 radical (unpaired) electrons. The minimum absolute atomic E-state index is 0.00755. The fraction of sp³-hybridized carbons (Fsp3) is 0.308. The molecule has 7 nitrogen and oxygen atoms in total. The van der Waals surface area contributed by atoms with E-state index in [9.17, 15) is 19.5 Å². The summed E-state index contributed by atoms with van der Waals surface area (Å²) in [6.07, 6.45) is 0.256. The minimum Gasteiger partial charge on any atom is -0.508 e. The van der Waals surface area contributed by atoms with Crippen molar-refractivity contribution < 1.29 is 19.5 Å². The van der Waals surface area contributed by atoms with E-state index >= 15 is 0 Å². The second-order valence-corrected chi connectivity index (χ2v) is 5.01. The molecular formula is C13H15N3O4. The van der Waals surface area contributed by atoms with Gasteiger partial charge in [-0.3, -0.25) is 19.7 Å². The number of nitrogens with zero attached hydrogens (tertiary/aromatic N) is 1. The Kier molecular flexibility index (Phi) is 3.46. The van der Waals surface area contributed by atoms with Crippen molar-refractivity contribution in [3.05, 3.63) is 29.3 Å². The fourth-order valence-corrected chi connectivity index (χ4v) is 2.16. The summed E-state index contributed by atoms with van der Waals surface area (Å²) in [7, 11) is 0. The Labute approximate surface area is 115 Å². The highest BCUT2D eigenvalue weighted by Crippen LogP contribution is 2.27. The Balaban J connectivity index is 2.16. The third-order valence-electron chi connectivity index (χ3n) is 3.20. The molecule has 7 heteroatoms. The molecule has 1 aliphatic rings. The molecule has 0 aliphatic carbocycles. The molecule has 1 atom stereocenters. The topological polar surface area (TPSA) is 113 Å². The van der Waals surface area contributed by atoms with Crippen molar-refractivity contribution in [3.63, 3.8) is 0 Å². The number of hydrogen-bond donors (Lipinski definition) is 3. The summed E-state index contributed by atoms with van der Waals surface area (Å²) in [5.41, 5.74) is 5.63. The molecule has 0 saturated heterocycles. The number of rotatable bonds is 4. The summed E-state index contributed by atoms with van der Waals surface area (Å²) in [4.78, 5) is 35.5. The van der Waals surface area contributed by atoms with Gasteiger partial charge in [-0.15, -0.1) is 0 Å². The normalized spacial score (nSPS) is 16.5. The number of phenolic OH excluding ortho intramolecular Hbond substituents is 1. The minimum atomic E-state index is -1.37. The Morgan fingerprint density at radius 1 is 1.60 bits per heavy atom. The van der Waals surface area contributed by atoms with Crippen LogP contribution in [0.1, 0.15) is 22.8 Å². The summed E-state index contributed by atoms with van der Waals surface area (Å²) in [5.74, 6) is -0.946. The first-order chi connectivity index (χ1) is 9.35. The van der Waals surface area contributed by atoms with Gasteiger partial charge < -0.3 is 15.7 Å². The lowest BCUT2D eigenvalue weighted by Gasteiger charge is -2.27. The first kappa shape index (κ1) is 14.0. The van der Waals surface area contributed by atoms with Gasteiger partial charge in [0.25, 0.3) is 5.91 Å². The fourth-order valence-electron chi connectivity index (χ4n) is 2.16. The second kappa shape index (κ2) is 4.93. The molecule has 1 heterocycles. The number of carbonyl (C=O) groups excluding carboxylic acids is 3. The molecule has 20 heavy (non-hydrogen) atoms. The first-order valence-corrected chi connectivity index (χ1v) is 6.00. The van der Waals surface area contributed by atoms with Crippen LogP contribution in [0.25, 0.3) is 0 Å². The lowest BCUT2D eigenvalue weighted by atomic mass is 10.0. The zero-order valence-corrected chi connectivity index (χ0v) is 10.9. The van der Waals surface area contributed by atoms with E-state index in [0.29, 0.717) is 12.1 Å². The SMILES string of the molecule is CC(N)(CN1Cc2ccc(O)cc2C1=O)C(=O)NC=O. The van der Waals surface area contributed by atoms with Gasteiger partial charge in [0.15, 0.2) is 0 Å². The number of fused-ring (bicyclic) bond motifs is 1. The Hall–Kier alpha value is -2.41. The lowest BCUT2D eigenvalue weighted by molar-refractivity contribution is -0.129. The largest absolute Gasteiger partial charge is 0.508 e. The second-order valence-electron chi connectivity index (χ2n) is 5.01. The molecule has 0 saturated carbocycles. The van der Waals surface area contributed by atoms with E-state index in [1.165, 1.54) is 24.0 Å². The van der Waals surface area contributed by atoms with Crippen molar-refractivity contribution in [1.82, 2.24) is 10.2 Å². The molecule has 4 N–H and O–H groups in total. The Bertz CT molecular complexity index is 583. The summed E-state index contributed by atoms with van der Waals surface area (Å²) < 4.78 is 0. The highest BCUT2D eigenvalue weighted by Gasteiger charge is 2.36. The first-order valence-electron chi connectivity index (χ1n) is 6.00. The van der Waals surface area contributed by atoms with E-state index in [1.807, 2.05) is 5.32 Å². The Morgan fingerprint density at radius 2 is 2.30 bits per heavy atom. The number of nitrogens with two attached hydrogens (primary N) is 1. The number of carbonyl (C=O) groups is 3. The average molecular weight is 277 g/mol. The van der Waals surface area contributed by atoms with E-state index in [4.69, 9.17) is 5.73 Å². The van der Waals surface area contributed by atoms with Crippen molar-refractivity contribution in [1.29, 1.82) is 0 Å². The third-order valence-corrected chi connectivity index (χ3v) is 3.20. The van der Waals surface area contributed by atoms with Gasteiger partial charge in [-0.1, -0.05) is 6.07 Å².